The minimum absolute atomic E-state index is 0.107. The summed E-state index contributed by atoms with van der Waals surface area (Å²) < 4.78 is 8.31. The standard InChI is InChI=1S/C15H17Br2NOS/c1-9(2)11-7-10(16)3-4-12(11)19-13(8-18)14-5-6-15(17)20-14/h3-7,9,13H,8,18H2,1-2H3. The maximum Gasteiger partial charge on any atom is 0.145 e. The first-order chi connectivity index (χ1) is 9.51. The van der Waals surface area contributed by atoms with Gasteiger partial charge in [-0.15, -0.1) is 11.3 Å². The lowest BCUT2D eigenvalue weighted by molar-refractivity contribution is 0.215. The number of rotatable bonds is 5. The first kappa shape index (κ1) is 16.0. The van der Waals surface area contributed by atoms with Gasteiger partial charge in [-0.05, 0) is 57.7 Å². The van der Waals surface area contributed by atoms with Crippen LogP contribution in [0.25, 0.3) is 0 Å². The number of hydrogen-bond donors (Lipinski definition) is 1. The lowest BCUT2D eigenvalue weighted by Crippen LogP contribution is -2.18. The van der Waals surface area contributed by atoms with Crippen molar-refractivity contribution in [2.75, 3.05) is 6.54 Å². The van der Waals surface area contributed by atoms with E-state index in [2.05, 4.69) is 57.8 Å². The molecule has 0 saturated carbocycles. The summed E-state index contributed by atoms with van der Waals surface area (Å²) in [5.74, 6) is 1.30. The van der Waals surface area contributed by atoms with Crippen molar-refractivity contribution in [3.63, 3.8) is 0 Å². The number of ether oxygens (including phenoxy) is 1. The molecule has 108 valence electrons. The summed E-state index contributed by atoms with van der Waals surface area (Å²) in [4.78, 5) is 1.14. The van der Waals surface area contributed by atoms with Crippen molar-refractivity contribution in [1.82, 2.24) is 0 Å². The minimum atomic E-state index is -0.107. The van der Waals surface area contributed by atoms with Crippen LogP contribution in [-0.2, 0) is 0 Å². The number of thiophene rings is 1. The highest BCUT2D eigenvalue weighted by atomic mass is 79.9. The van der Waals surface area contributed by atoms with Crippen molar-refractivity contribution < 1.29 is 4.74 Å². The van der Waals surface area contributed by atoms with Crippen molar-refractivity contribution in [2.45, 2.75) is 25.9 Å². The Kier molecular flexibility index (Phi) is 5.66. The molecule has 1 unspecified atom stereocenters. The predicted molar refractivity (Wildman–Crippen MR) is 92.7 cm³/mol. The Balaban J connectivity index is 2.28. The van der Waals surface area contributed by atoms with Crippen LogP contribution in [0.4, 0.5) is 0 Å². The van der Waals surface area contributed by atoms with Gasteiger partial charge >= 0.3 is 0 Å². The van der Waals surface area contributed by atoms with Crippen molar-refractivity contribution in [3.05, 3.63) is 49.0 Å². The molecule has 2 N–H and O–H groups in total. The number of hydrogen-bond acceptors (Lipinski definition) is 3. The van der Waals surface area contributed by atoms with Gasteiger partial charge in [0, 0.05) is 15.9 Å². The van der Waals surface area contributed by atoms with E-state index in [1.54, 1.807) is 11.3 Å². The van der Waals surface area contributed by atoms with E-state index in [0.717, 1.165) is 18.9 Å². The van der Waals surface area contributed by atoms with Gasteiger partial charge in [0.1, 0.15) is 11.9 Å². The molecule has 5 heteroatoms. The molecule has 0 aliphatic heterocycles. The van der Waals surface area contributed by atoms with Gasteiger partial charge in [0.15, 0.2) is 0 Å². The molecule has 0 spiro atoms. The van der Waals surface area contributed by atoms with E-state index in [9.17, 15) is 0 Å². The van der Waals surface area contributed by atoms with E-state index in [1.165, 1.54) is 5.56 Å². The van der Waals surface area contributed by atoms with Crippen molar-refractivity contribution in [2.24, 2.45) is 5.73 Å². The number of benzene rings is 1. The van der Waals surface area contributed by atoms with Crippen LogP contribution in [0.15, 0.2) is 38.6 Å². The average Bonchev–Trinajstić information content (AvgIpc) is 2.83. The van der Waals surface area contributed by atoms with Crippen LogP contribution in [0, 0.1) is 0 Å². The molecule has 0 aliphatic carbocycles. The average molecular weight is 419 g/mol. The third-order valence-electron chi connectivity index (χ3n) is 2.99. The Morgan fingerprint density at radius 1 is 1.20 bits per heavy atom. The van der Waals surface area contributed by atoms with Crippen molar-refractivity contribution in [3.8, 4) is 5.75 Å². The fourth-order valence-electron chi connectivity index (χ4n) is 1.95. The molecular weight excluding hydrogens is 402 g/mol. The maximum atomic E-state index is 6.15. The summed E-state index contributed by atoms with van der Waals surface area (Å²) >= 11 is 8.65. The molecule has 20 heavy (non-hydrogen) atoms. The van der Waals surface area contributed by atoms with Crippen LogP contribution >= 0.6 is 43.2 Å². The van der Waals surface area contributed by atoms with Crippen LogP contribution in [-0.4, -0.2) is 6.54 Å². The Hall–Kier alpha value is -0.360. The third kappa shape index (κ3) is 3.85. The molecule has 2 nitrogen and oxygen atoms in total. The first-order valence-corrected chi connectivity index (χ1v) is 8.83. The Bertz CT molecular complexity index is 583. The zero-order valence-corrected chi connectivity index (χ0v) is 15.4. The molecule has 2 rings (SSSR count). The van der Waals surface area contributed by atoms with Crippen LogP contribution in [0.5, 0.6) is 5.75 Å². The topological polar surface area (TPSA) is 35.2 Å². The second-order valence-corrected chi connectivity index (χ2v) is 8.23. The van der Waals surface area contributed by atoms with Gasteiger partial charge in [-0.1, -0.05) is 29.8 Å². The Morgan fingerprint density at radius 2 is 1.95 bits per heavy atom. The van der Waals surface area contributed by atoms with Gasteiger partial charge < -0.3 is 10.5 Å². The van der Waals surface area contributed by atoms with Crippen molar-refractivity contribution in [1.29, 1.82) is 0 Å². The third-order valence-corrected chi connectivity index (χ3v) is 5.20. The van der Waals surface area contributed by atoms with E-state index < -0.39 is 0 Å². The van der Waals surface area contributed by atoms with Crippen molar-refractivity contribution >= 4 is 43.2 Å². The highest BCUT2D eigenvalue weighted by Crippen LogP contribution is 2.34. The number of halogens is 2. The highest BCUT2D eigenvalue weighted by Gasteiger charge is 2.17. The zero-order chi connectivity index (χ0) is 14.7. The quantitative estimate of drug-likeness (QED) is 0.697. The fraction of sp³-hybridized carbons (Fsp3) is 0.333. The second kappa shape index (κ2) is 7.07. The molecule has 1 aromatic carbocycles. The Morgan fingerprint density at radius 3 is 2.50 bits per heavy atom. The minimum Gasteiger partial charge on any atom is -0.483 e. The van der Waals surface area contributed by atoms with Gasteiger partial charge in [-0.2, -0.15) is 0 Å². The van der Waals surface area contributed by atoms with E-state index in [0.29, 0.717) is 12.5 Å². The Labute approximate surface area is 140 Å². The monoisotopic (exact) mass is 417 g/mol. The molecule has 0 radical (unpaired) electrons. The molecule has 1 heterocycles. The maximum absolute atomic E-state index is 6.15. The largest absolute Gasteiger partial charge is 0.483 e. The van der Waals surface area contributed by atoms with E-state index in [-0.39, 0.29) is 6.10 Å². The summed E-state index contributed by atoms with van der Waals surface area (Å²) in [6.45, 7) is 4.78. The summed E-state index contributed by atoms with van der Waals surface area (Å²) in [5.41, 5.74) is 7.06. The number of nitrogens with two attached hydrogens (primary N) is 1. The van der Waals surface area contributed by atoms with Crippen LogP contribution in [0.3, 0.4) is 0 Å². The smallest absolute Gasteiger partial charge is 0.145 e. The lowest BCUT2D eigenvalue weighted by atomic mass is 10.0. The SMILES string of the molecule is CC(C)c1cc(Br)ccc1OC(CN)c1ccc(Br)s1. The van der Waals surface area contributed by atoms with Crippen LogP contribution in [0.2, 0.25) is 0 Å². The van der Waals surface area contributed by atoms with E-state index in [1.807, 2.05) is 18.2 Å². The predicted octanol–water partition coefficient (Wildman–Crippen LogP) is 5.48. The van der Waals surface area contributed by atoms with E-state index >= 15 is 0 Å². The molecular formula is C15H17Br2NOS. The van der Waals surface area contributed by atoms with E-state index in [4.69, 9.17) is 10.5 Å². The molecule has 0 aliphatic rings. The molecule has 0 fully saturated rings. The summed E-state index contributed by atoms with van der Waals surface area (Å²) in [6.07, 6.45) is -0.107. The lowest BCUT2D eigenvalue weighted by Gasteiger charge is -2.20. The summed E-state index contributed by atoms with van der Waals surface area (Å²) in [5, 5.41) is 0. The molecule has 0 saturated heterocycles. The highest BCUT2D eigenvalue weighted by molar-refractivity contribution is 9.11. The first-order valence-electron chi connectivity index (χ1n) is 6.42. The van der Waals surface area contributed by atoms with Gasteiger partial charge in [-0.3, -0.25) is 0 Å². The molecule has 0 amide bonds. The molecule has 1 aromatic heterocycles. The second-order valence-electron chi connectivity index (χ2n) is 4.82. The van der Waals surface area contributed by atoms with Crippen LogP contribution < -0.4 is 10.5 Å². The van der Waals surface area contributed by atoms with Gasteiger partial charge in [0.25, 0.3) is 0 Å². The van der Waals surface area contributed by atoms with Gasteiger partial charge in [0.05, 0.1) is 3.79 Å². The van der Waals surface area contributed by atoms with Gasteiger partial charge in [-0.25, -0.2) is 0 Å². The zero-order valence-electron chi connectivity index (χ0n) is 11.4. The normalized spacial score (nSPS) is 12.7. The molecule has 1 atom stereocenters. The fourth-order valence-corrected chi connectivity index (χ4v) is 3.80. The molecule has 2 aromatic rings. The molecule has 0 bridgehead atoms. The summed E-state index contributed by atoms with van der Waals surface area (Å²) in [7, 11) is 0. The summed E-state index contributed by atoms with van der Waals surface area (Å²) in [6, 6.07) is 10.2. The van der Waals surface area contributed by atoms with Crippen LogP contribution in [0.1, 0.15) is 36.3 Å². The van der Waals surface area contributed by atoms with Gasteiger partial charge in [0.2, 0.25) is 0 Å².